The van der Waals surface area contributed by atoms with Crippen molar-refractivity contribution in [2.45, 2.75) is 65.2 Å². The van der Waals surface area contributed by atoms with Gasteiger partial charge in [-0.15, -0.1) is 0 Å². The Morgan fingerprint density at radius 3 is 2.35 bits per heavy atom. The molecule has 0 aromatic carbocycles. The summed E-state index contributed by atoms with van der Waals surface area (Å²) < 4.78 is 0. The van der Waals surface area contributed by atoms with E-state index >= 15 is 0 Å². The van der Waals surface area contributed by atoms with E-state index in [9.17, 15) is 4.79 Å². The molecule has 0 aromatic rings. The second kappa shape index (κ2) is 9.14. The van der Waals surface area contributed by atoms with Gasteiger partial charge in [-0.25, -0.2) is 0 Å². The number of aliphatic imine (C=N–C) groups is 1. The highest BCUT2D eigenvalue weighted by Gasteiger charge is 2.34. The van der Waals surface area contributed by atoms with Crippen LogP contribution in [0.25, 0.3) is 0 Å². The van der Waals surface area contributed by atoms with Gasteiger partial charge in [0.15, 0.2) is 5.96 Å². The normalized spacial score (nSPS) is 20.3. The molecule has 5 heteroatoms. The average molecular weight is 322 g/mol. The molecular formula is C18H34N4O. The van der Waals surface area contributed by atoms with Crippen molar-refractivity contribution in [3.8, 4) is 0 Å². The van der Waals surface area contributed by atoms with E-state index in [2.05, 4.69) is 29.8 Å². The Kier molecular flexibility index (Phi) is 7.18. The predicted octanol–water partition coefficient (Wildman–Crippen LogP) is 2.43. The maximum absolute atomic E-state index is 11.7. The minimum Gasteiger partial charge on any atom is -0.357 e. The summed E-state index contributed by atoms with van der Waals surface area (Å²) in [6, 6.07) is 0. The van der Waals surface area contributed by atoms with Crippen molar-refractivity contribution in [2.24, 2.45) is 16.3 Å². The molecule has 1 amide bonds. The molecule has 132 valence electrons. The molecule has 2 aliphatic rings. The van der Waals surface area contributed by atoms with Gasteiger partial charge in [0.05, 0.1) is 0 Å². The quantitative estimate of drug-likeness (QED) is 0.347. The van der Waals surface area contributed by atoms with Gasteiger partial charge in [0.1, 0.15) is 0 Å². The molecule has 0 radical (unpaired) electrons. The number of hydrogen-bond donors (Lipinski definition) is 3. The van der Waals surface area contributed by atoms with E-state index in [1.165, 1.54) is 32.1 Å². The maximum atomic E-state index is 11.7. The van der Waals surface area contributed by atoms with Crippen LogP contribution in [0.15, 0.2) is 4.99 Å². The molecule has 2 aliphatic carbocycles. The molecule has 3 N–H and O–H groups in total. The molecule has 5 nitrogen and oxygen atoms in total. The Morgan fingerprint density at radius 1 is 1.09 bits per heavy atom. The standard InChI is InChI=1S/C18H34N4O/c1-3-18(10-6-11-18)14-22-17(19-4-2)21-13-7-12-20-16(23)15-8-5-9-15/h15H,3-14H2,1-2H3,(H,20,23)(H2,19,21,22). The number of guanidine groups is 1. The van der Waals surface area contributed by atoms with Crippen molar-refractivity contribution in [1.29, 1.82) is 0 Å². The monoisotopic (exact) mass is 322 g/mol. The third-order valence-corrected chi connectivity index (χ3v) is 5.50. The van der Waals surface area contributed by atoms with Crippen LogP contribution in [-0.2, 0) is 4.79 Å². The Hall–Kier alpha value is -1.26. The first-order valence-electron chi connectivity index (χ1n) is 9.49. The third kappa shape index (κ3) is 5.40. The summed E-state index contributed by atoms with van der Waals surface area (Å²) in [4.78, 5) is 16.5. The zero-order valence-corrected chi connectivity index (χ0v) is 14.9. The van der Waals surface area contributed by atoms with Crippen LogP contribution in [-0.4, -0.2) is 38.0 Å². The van der Waals surface area contributed by atoms with Gasteiger partial charge in [0.2, 0.25) is 5.91 Å². The molecule has 0 saturated heterocycles. The van der Waals surface area contributed by atoms with Crippen LogP contribution >= 0.6 is 0 Å². The topological polar surface area (TPSA) is 65.5 Å². The van der Waals surface area contributed by atoms with Gasteiger partial charge in [-0.2, -0.15) is 0 Å². The fourth-order valence-electron chi connectivity index (χ4n) is 3.21. The number of nitrogens with zero attached hydrogens (tertiary/aromatic N) is 1. The summed E-state index contributed by atoms with van der Waals surface area (Å²) in [6.07, 6.45) is 9.50. The van der Waals surface area contributed by atoms with Crippen molar-refractivity contribution in [3.63, 3.8) is 0 Å². The van der Waals surface area contributed by atoms with Gasteiger partial charge in [0, 0.05) is 32.1 Å². The fraction of sp³-hybridized carbons (Fsp3) is 0.889. The van der Waals surface area contributed by atoms with Gasteiger partial charge >= 0.3 is 0 Å². The van der Waals surface area contributed by atoms with Crippen LogP contribution in [0.2, 0.25) is 0 Å². The molecule has 0 unspecified atom stereocenters. The summed E-state index contributed by atoms with van der Waals surface area (Å²) in [5.74, 6) is 1.44. The zero-order chi connectivity index (χ0) is 16.5. The van der Waals surface area contributed by atoms with Crippen molar-refractivity contribution in [3.05, 3.63) is 0 Å². The van der Waals surface area contributed by atoms with Crippen molar-refractivity contribution in [1.82, 2.24) is 16.0 Å². The van der Waals surface area contributed by atoms with Crippen LogP contribution in [0, 0.1) is 11.3 Å². The first kappa shape index (κ1) is 18.1. The summed E-state index contributed by atoms with van der Waals surface area (Å²) in [5.41, 5.74) is 0.457. The number of nitrogens with one attached hydrogen (secondary N) is 3. The second-order valence-corrected chi connectivity index (χ2v) is 7.10. The van der Waals surface area contributed by atoms with Crippen molar-refractivity contribution >= 4 is 11.9 Å². The van der Waals surface area contributed by atoms with Crippen LogP contribution in [0.3, 0.4) is 0 Å². The lowest BCUT2D eigenvalue weighted by atomic mass is 9.67. The Morgan fingerprint density at radius 2 is 1.83 bits per heavy atom. The maximum Gasteiger partial charge on any atom is 0.223 e. The lowest BCUT2D eigenvalue weighted by Crippen LogP contribution is -2.41. The first-order valence-corrected chi connectivity index (χ1v) is 9.49. The number of amides is 1. The van der Waals surface area contributed by atoms with E-state index in [-0.39, 0.29) is 11.8 Å². The van der Waals surface area contributed by atoms with E-state index in [1.54, 1.807) is 0 Å². The Bertz CT molecular complexity index is 394. The van der Waals surface area contributed by atoms with Gasteiger partial charge in [-0.3, -0.25) is 9.79 Å². The summed E-state index contributed by atoms with van der Waals surface area (Å²) in [6.45, 7) is 7.77. The van der Waals surface area contributed by atoms with Crippen LogP contribution in [0.5, 0.6) is 0 Å². The first-order chi connectivity index (χ1) is 11.2. The number of carbonyl (C=O) groups excluding carboxylic acids is 1. The van der Waals surface area contributed by atoms with Gasteiger partial charge in [-0.05, 0) is 50.9 Å². The highest BCUT2D eigenvalue weighted by Crippen LogP contribution is 2.43. The average Bonchev–Trinajstić information content (AvgIpc) is 2.44. The molecular weight excluding hydrogens is 288 g/mol. The summed E-state index contributed by atoms with van der Waals surface area (Å²) in [7, 11) is 0. The lowest BCUT2D eigenvalue weighted by molar-refractivity contribution is -0.127. The van der Waals surface area contributed by atoms with E-state index in [4.69, 9.17) is 4.99 Å². The number of rotatable bonds is 9. The van der Waals surface area contributed by atoms with Crippen molar-refractivity contribution < 1.29 is 4.79 Å². The molecule has 0 bridgehead atoms. The molecule has 0 heterocycles. The van der Waals surface area contributed by atoms with Gasteiger partial charge in [0.25, 0.3) is 0 Å². The zero-order valence-electron chi connectivity index (χ0n) is 14.9. The fourth-order valence-corrected chi connectivity index (χ4v) is 3.21. The number of hydrogen-bond acceptors (Lipinski definition) is 2. The molecule has 0 aliphatic heterocycles. The summed E-state index contributed by atoms with van der Waals surface area (Å²) in [5, 5.41) is 9.73. The molecule has 2 saturated carbocycles. The van der Waals surface area contributed by atoms with Gasteiger partial charge in [-0.1, -0.05) is 19.8 Å². The SMILES string of the molecule is CCNC(=NCC1(CC)CCC1)NCCCNC(=O)C1CCC1. The lowest BCUT2D eigenvalue weighted by Gasteiger charge is -2.40. The minimum absolute atomic E-state index is 0.242. The highest BCUT2D eigenvalue weighted by atomic mass is 16.1. The number of carbonyl (C=O) groups is 1. The van der Waals surface area contributed by atoms with E-state index in [0.29, 0.717) is 5.41 Å². The largest absolute Gasteiger partial charge is 0.357 e. The Labute approximate surface area is 141 Å². The minimum atomic E-state index is 0.242. The van der Waals surface area contributed by atoms with E-state index in [0.717, 1.165) is 51.4 Å². The van der Waals surface area contributed by atoms with E-state index in [1.807, 2.05) is 0 Å². The third-order valence-electron chi connectivity index (χ3n) is 5.50. The van der Waals surface area contributed by atoms with Crippen LogP contribution < -0.4 is 16.0 Å². The molecule has 0 aromatic heterocycles. The van der Waals surface area contributed by atoms with Crippen molar-refractivity contribution in [2.75, 3.05) is 26.2 Å². The molecule has 0 spiro atoms. The van der Waals surface area contributed by atoms with Gasteiger partial charge < -0.3 is 16.0 Å². The summed E-state index contributed by atoms with van der Waals surface area (Å²) >= 11 is 0. The smallest absolute Gasteiger partial charge is 0.223 e. The molecule has 2 rings (SSSR count). The van der Waals surface area contributed by atoms with Crippen LogP contribution in [0.1, 0.15) is 65.2 Å². The molecule has 23 heavy (non-hydrogen) atoms. The van der Waals surface area contributed by atoms with Crippen LogP contribution in [0.4, 0.5) is 0 Å². The Balaban J connectivity index is 1.62. The van der Waals surface area contributed by atoms with E-state index < -0.39 is 0 Å². The molecule has 2 fully saturated rings. The molecule has 0 atom stereocenters. The highest BCUT2D eigenvalue weighted by molar-refractivity contribution is 5.80. The predicted molar refractivity (Wildman–Crippen MR) is 95.5 cm³/mol. The second-order valence-electron chi connectivity index (χ2n) is 7.10.